The van der Waals surface area contributed by atoms with Crippen molar-refractivity contribution < 1.29 is 30.6 Å². The maximum Gasteiger partial charge on any atom is 0.0914 e. The van der Waals surface area contributed by atoms with E-state index in [2.05, 4.69) is 40.7 Å². The van der Waals surface area contributed by atoms with Crippen LogP contribution in [0.25, 0.3) is 0 Å². The maximum absolute atomic E-state index is 11.8. The predicted molar refractivity (Wildman–Crippen MR) is 138 cm³/mol. The van der Waals surface area contributed by atoms with E-state index in [4.69, 9.17) is 0 Å². The van der Waals surface area contributed by atoms with Gasteiger partial charge in [0.05, 0.1) is 43.0 Å². The third-order valence-corrected chi connectivity index (χ3v) is 13.6. The van der Waals surface area contributed by atoms with Gasteiger partial charge in [-0.25, -0.2) is 0 Å². The molecule has 36 heavy (non-hydrogen) atoms. The molecule has 12 atom stereocenters. The topological polar surface area (TPSA) is 121 Å². The fourth-order valence-electron chi connectivity index (χ4n) is 10.9. The zero-order valence-electron chi connectivity index (χ0n) is 23.2. The van der Waals surface area contributed by atoms with Crippen molar-refractivity contribution in [3.05, 3.63) is 11.6 Å². The molecule has 206 valence electrons. The van der Waals surface area contributed by atoms with Gasteiger partial charge in [0.25, 0.3) is 0 Å². The molecule has 5 aliphatic rings. The first kappa shape index (κ1) is 27.1. The first-order chi connectivity index (χ1) is 16.6. The molecule has 0 saturated heterocycles. The highest BCUT2D eigenvalue weighted by molar-refractivity contribution is 5.36. The van der Waals surface area contributed by atoms with Crippen LogP contribution in [0.15, 0.2) is 11.6 Å². The molecule has 1 unspecified atom stereocenters. The SMILES string of the molecule is CC1(CO)C[C@H]2C3=CC[C@@H]4[C@@]5(C)CC[C@H](O)C(C)(C)[C@@H]5CC[C@@]4(C)[C@]3(C)C[C@@H](O)[C@@]2(CO)[C@@H](O)[C@@H]1O. The number of aliphatic hydroxyl groups is 6. The molecule has 5 aliphatic carbocycles. The Morgan fingerprint density at radius 2 is 1.44 bits per heavy atom. The minimum Gasteiger partial charge on any atom is -0.396 e. The molecular formula is C30H50O6. The quantitative estimate of drug-likeness (QED) is 0.320. The van der Waals surface area contributed by atoms with Crippen LogP contribution in [-0.4, -0.2) is 68.3 Å². The summed E-state index contributed by atoms with van der Waals surface area (Å²) < 4.78 is 0. The molecule has 5 rings (SSSR count). The Hall–Kier alpha value is -0.500. The summed E-state index contributed by atoms with van der Waals surface area (Å²) in [5.41, 5.74) is -1.41. The summed E-state index contributed by atoms with van der Waals surface area (Å²) in [5, 5.41) is 66.0. The van der Waals surface area contributed by atoms with Gasteiger partial charge >= 0.3 is 0 Å². The van der Waals surface area contributed by atoms with E-state index in [1.165, 1.54) is 5.57 Å². The summed E-state index contributed by atoms with van der Waals surface area (Å²) in [6.45, 7) is 12.7. The van der Waals surface area contributed by atoms with Crippen molar-refractivity contribution in [1.82, 2.24) is 0 Å². The molecular weight excluding hydrogens is 456 g/mol. The first-order valence-electron chi connectivity index (χ1n) is 14.2. The Kier molecular flexibility index (Phi) is 6.03. The Morgan fingerprint density at radius 1 is 0.778 bits per heavy atom. The monoisotopic (exact) mass is 506 g/mol. The van der Waals surface area contributed by atoms with E-state index < -0.39 is 35.7 Å². The summed E-state index contributed by atoms with van der Waals surface area (Å²) >= 11 is 0. The van der Waals surface area contributed by atoms with E-state index in [9.17, 15) is 30.6 Å². The van der Waals surface area contributed by atoms with E-state index in [1.54, 1.807) is 6.92 Å². The van der Waals surface area contributed by atoms with Crippen molar-refractivity contribution >= 4 is 0 Å². The summed E-state index contributed by atoms with van der Waals surface area (Å²) in [7, 11) is 0. The largest absolute Gasteiger partial charge is 0.396 e. The van der Waals surface area contributed by atoms with Crippen LogP contribution in [0.3, 0.4) is 0 Å². The normalized spacial score (nSPS) is 58.1. The number of hydrogen-bond acceptors (Lipinski definition) is 6. The molecule has 6 heteroatoms. The molecule has 0 heterocycles. The van der Waals surface area contributed by atoms with Gasteiger partial charge in [0.2, 0.25) is 0 Å². The van der Waals surface area contributed by atoms with Gasteiger partial charge in [0, 0.05) is 5.41 Å². The van der Waals surface area contributed by atoms with Crippen molar-refractivity contribution in [1.29, 1.82) is 0 Å². The van der Waals surface area contributed by atoms with Crippen molar-refractivity contribution in [2.75, 3.05) is 13.2 Å². The summed E-state index contributed by atoms with van der Waals surface area (Å²) in [4.78, 5) is 0. The van der Waals surface area contributed by atoms with Crippen LogP contribution in [0.5, 0.6) is 0 Å². The average Bonchev–Trinajstić information content (AvgIpc) is 2.81. The summed E-state index contributed by atoms with van der Waals surface area (Å²) in [5.74, 6) is 0.515. The van der Waals surface area contributed by atoms with E-state index in [0.717, 1.165) is 32.1 Å². The van der Waals surface area contributed by atoms with Crippen molar-refractivity contribution in [2.45, 2.75) is 111 Å². The van der Waals surface area contributed by atoms with Crippen molar-refractivity contribution in [3.63, 3.8) is 0 Å². The highest BCUT2D eigenvalue weighted by Crippen LogP contribution is 2.75. The number of fused-ring (bicyclic) bond motifs is 7. The molecule has 0 aromatic heterocycles. The Balaban J connectivity index is 1.63. The zero-order chi connectivity index (χ0) is 26.7. The smallest absolute Gasteiger partial charge is 0.0914 e. The van der Waals surface area contributed by atoms with Crippen LogP contribution >= 0.6 is 0 Å². The second-order valence-electron chi connectivity index (χ2n) is 15.1. The second-order valence-corrected chi connectivity index (χ2v) is 15.1. The maximum atomic E-state index is 11.8. The van der Waals surface area contributed by atoms with E-state index >= 15 is 0 Å². The lowest BCUT2D eigenvalue weighted by Crippen LogP contribution is -2.72. The molecule has 0 amide bonds. The summed E-state index contributed by atoms with van der Waals surface area (Å²) in [6.07, 6.45) is 4.20. The van der Waals surface area contributed by atoms with Gasteiger partial charge in [-0.15, -0.1) is 0 Å². The zero-order valence-corrected chi connectivity index (χ0v) is 23.2. The predicted octanol–water partition coefficient (Wildman–Crippen LogP) is 3.03. The molecule has 0 bridgehead atoms. The molecule has 0 radical (unpaired) electrons. The molecule has 0 aromatic carbocycles. The van der Waals surface area contributed by atoms with E-state index in [-0.39, 0.29) is 40.3 Å². The van der Waals surface area contributed by atoms with Gasteiger partial charge in [0.1, 0.15) is 0 Å². The number of hydrogen-bond donors (Lipinski definition) is 6. The molecule has 6 N–H and O–H groups in total. The molecule has 0 aromatic rings. The van der Waals surface area contributed by atoms with Crippen molar-refractivity contribution in [2.24, 2.45) is 50.2 Å². The minimum absolute atomic E-state index is 0.0825. The van der Waals surface area contributed by atoms with E-state index in [0.29, 0.717) is 24.7 Å². The van der Waals surface area contributed by atoms with Gasteiger partial charge in [-0.3, -0.25) is 0 Å². The number of rotatable bonds is 2. The number of aliphatic hydroxyl groups excluding tert-OH is 6. The number of allylic oxidation sites excluding steroid dienone is 2. The Bertz CT molecular complexity index is 932. The average molecular weight is 507 g/mol. The Labute approximate surface area is 216 Å². The lowest BCUT2D eigenvalue weighted by atomic mass is 9.33. The van der Waals surface area contributed by atoms with Crippen LogP contribution < -0.4 is 0 Å². The summed E-state index contributed by atoms with van der Waals surface area (Å²) in [6, 6.07) is 0. The third-order valence-electron chi connectivity index (χ3n) is 13.6. The van der Waals surface area contributed by atoms with Crippen LogP contribution in [0.2, 0.25) is 0 Å². The fourth-order valence-corrected chi connectivity index (χ4v) is 10.9. The van der Waals surface area contributed by atoms with Crippen LogP contribution in [0.1, 0.15) is 86.5 Å². The van der Waals surface area contributed by atoms with Crippen LogP contribution in [0.4, 0.5) is 0 Å². The molecule has 0 spiro atoms. The van der Waals surface area contributed by atoms with Gasteiger partial charge in [-0.2, -0.15) is 0 Å². The lowest BCUT2D eigenvalue weighted by molar-refractivity contribution is -0.262. The van der Waals surface area contributed by atoms with Gasteiger partial charge in [-0.1, -0.05) is 53.2 Å². The fraction of sp³-hybridized carbons (Fsp3) is 0.933. The van der Waals surface area contributed by atoms with Crippen LogP contribution in [0, 0.1) is 50.2 Å². The highest BCUT2D eigenvalue weighted by atomic mass is 16.3. The molecule has 6 nitrogen and oxygen atoms in total. The first-order valence-corrected chi connectivity index (χ1v) is 14.2. The Morgan fingerprint density at radius 3 is 2.06 bits per heavy atom. The molecule has 4 saturated carbocycles. The van der Waals surface area contributed by atoms with E-state index in [1.807, 2.05) is 0 Å². The van der Waals surface area contributed by atoms with Gasteiger partial charge in [0.15, 0.2) is 0 Å². The lowest BCUT2D eigenvalue weighted by Gasteiger charge is -2.72. The molecule has 0 aliphatic heterocycles. The van der Waals surface area contributed by atoms with Crippen LogP contribution in [-0.2, 0) is 0 Å². The van der Waals surface area contributed by atoms with Crippen molar-refractivity contribution in [3.8, 4) is 0 Å². The highest BCUT2D eigenvalue weighted by Gasteiger charge is 2.72. The minimum atomic E-state index is -1.32. The second kappa shape index (κ2) is 8.02. The van der Waals surface area contributed by atoms with Gasteiger partial charge in [-0.05, 0) is 84.4 Å². The van der Waals surface area contributed by atoms with Gasteiger partial charge < -0.3 is 30.6 Å². The molecule has 4 fully saturated rings. The standard InChI is InChI=1S/C30H50O6/c1-25(2)19-9-12-28(5)20(27(19,4)11-10-21(25)33)8-7-17-18-13-26(3,15-31)23(35)24(36)30(18,16-32)22(34)14-29(17,28)6/h7,18-24,31-36H,8-16H2,1-6H3/t18-,19-,20+,21-,22+,23-,24-,26?,27-,28+,29+,30-/m0/s1. The third kappa shape index (κ3) is 2.95.